The molecule has 1 atom stereocenters. The van der Waals surface area contributed by atoms with Gasteiger partial charge in [-0.2, -0.15) is 4.98 Å². The molecule has 1 aromatic heterocycles. The van der Waals surface area contributed by atoms with Gasteiger partial charge in [-0.25, -0.2) is 4.98 Å². The third-order valence-corrected chi connectivity index (χ3v) is 6.91. The minimum atomic E-state index is 0.360. The molecule has 0 aliphatic carbocycles. The summed E-state index contributed by atoms with van der Waals surface area (Å²) in [7, 11) is 4.19. The molecule has 2 heterocycles. The highest BCUT2D eigenvalue weighted by molar-refractivity contribution is 9.09. The van der Waals surface area contributed by atoms with Crippen LogP contribution in [0.15, 0.2) is 48.5 Å². The Labute approximate surface area is 197 Å². The molecule has 31 heavy (non-hydrogen) atoms. The van der Waals surface area contributed by atoms with Crippen LogP contribution in [0, 0.1) is 0 Å². The summed E-state index contributed by atoms with van der Waals surface area (Å²) in [5.74, 6) is 1.64. The fourth-order valence-corrected chi connectivity index (χ4v) is 4.30. The topological polar surface area (TPSA) is 47.5 Å². The molecule has 0 radical (unpaired) electrons. The predicted octanol–water partition coefficient (Wildman–Crippen LogP) is 4.30. The average molecular weight is 504 g/mol. The first kappa shape index (κ1) is 22.3. The lowest BCUT2D eigenvalue weighted by atomic mass is 10.2. The number of benzene rings is 2. The lowest BCUT2D eigenvalue weighted by Crippen LogP contribution is -2.49. The van der Waals surface area contributed by atoms with Gasteiger partial charge in [-0.05, 0) is 43.9 Å². The van der Waals surface area contributed by atoms with Crippen molar-refractivity contribution in [3.63, 3.8) is 0 Å². The van der Waals surface area contributed by atoms with E-state index in [1.807, 2.05) is 36.4 Å². The third kappa shape index (κ3) is 5.66. The number of alkyl halides is 1. The van der Waals surface area contributed by atoms with Crippen molar-refractivity contribution in [3.05, 3.63) is 59.1 Å². The highest BCUT2D eigenvalue weighted by Gasteiger charge is 2.22. The molecule has 0 bridgehead atoms. The molecular weight excluding hydrogens is 476 g/mol. The zero-order chi connectivity index (χ0) is 21.8. The summed E-state index contributed by atoms with van der Waals surface area (Å²) in [6.45, 7) is 5.49. The number of anilines is 2. The number of aromatic nitrogens is 2. The predicted molar refractivity (Wildman–Crippen MR) is 133 cm³/mol. The van der Waals surface area contributed by atoms with E-state index in [2.05, 4.69) is 62.2 Å². The van der Waals surface area contributed by atoms with E-state index < -0.39 is 0 Å². The van der Waals surface area contributed by atoms with Gasteiger partial charge in [-0.1, -0.05) is 51.8 Å². The average Bonchev–Trinajstić information content (AvgIpc) is 2.77. The van der Waals surface area contributed by atoms with Gasteiger partial charge in [-0.15, -0.1) is 0 Å². The maximum absolute atomic E-state index is 6.14. The second-order valence-electron chi connectivity index (χ2n) is 8.06. The van der Waals surface area contributed by atoms with Crippen molar-refractivity contribution in [3.8, 4) is 0 Å². The van der Waals surface area contributed by atoms with Crippen LogP contribution in [0.3, 0.4) is 0 Å². The highest BCUT2D eigenvalue weighted by atomic mass is 79.9. The minimum Gasteiger partial charge on any atom is -0.365 e. The standard InChI is InChI=1S/C23H28BrClN6/c1-29(2)21(24)16-30-10-12-31(13-11-30)23-27-20-9-4-3-8-19(20)22(28-23)26-15-17-6-5-7-18(25)14-17/h3-9,14,21H,10-13,15-16H2,1-2H3,(H,26,27,28). The summed E-state index contributed by atoms with van der Waals surface area (Å²) < 4.78 is 0. The van der Waals surface area contributed by atoms with E-state index in [0.717, 1.165) is 66.0 Å². The number of nitrogens with zero attached hydrogens (tertiary/aromatic N) is 5. The first-order chi connectivity index (χ1) is 15.0. The first-order valence-electron chi connectivity index (χ1n) is 10.5. The van der Waals surface area contributed by atoms with Crippen molar-refractivity contribution < 1.29 is 0 Å². The fraction of sp³-hybridized carbons (Fsp3) is 0.391. The van der Waals surface area contributed by atoms with Gasteiger partial charge in [-0.3, -0.25) is 9.80 Å². The van der Waals surface area contributed by atoms with Crippen molar-refractivity contribution in [1.29, 1.82) is 0 Å². The molecule has 164 valence electrons. The van der Waals surface area contributed by atoms with Gasteiger partial charge in [0.25, 0.3) is 0 Å². The molecule has 1 fully saturated rings. The summed E-state index contributed by atoms with van der Waals surface area (Å²) in [5, 5.41) is 5.27. The molecular formula is C23H28BrClN6. The Morgan fingerprint density at radius 1 is 1.06 bits per heavy atom. The van der Waals surface area contributed by atoms with Gasteiger partial charge in [0, 0.05) is 49.7 Å². The largest absolute Gasteiger partial charge is 0.365 e. The molecule has 0 spiro atoms. The zero-order valence-corrected chi connectivity index (χ0v) is 20.3. The third-order valence-electron chi connectivity index (χ3n) is 5.56. The van der Waals surface area contributed by atoms with Crippen LogP contribution in [0.1, 0.15) is 5.56 Å². The van der Waals surface area contributed by atoms with Crippen LogP contribution in [0.25, 0.3) is 10.9 Å². The van der Waals surface area contributed by atoms with Gasteiger partial charge >= 0.3 is 0 Å². The number of hydrogen-bond acceptors (Lipinski definition) is 6. The minimum absolute atomic E-state index is 0.360. The number of fused-ring (bicyclic) bond motifs is 1. The van der Waals surface area contributed by atoms with E-state index in [-0.39, 0.29) is 0 Å². The van der Waals surface area contributed by atoms with Crippen molar-refractivity contribution in [1.82, 2.24) is 19.8 Å². The van der Waals surface area contributed by atoms with E-state index in [1.165, 1.54) is 0 Å². The molecule has 4 rings (SSSR count). The smallest absolute Gasteiger partial charge is 0.227 e. The SMILES string of the molecule is CN(C)C(Br)CN1CCN(c2nc(NCc3cccc(Cl)c3)c3ccccc3n2)CC1. The van der Waals surface area contributed by atoms with Crippen LogP contribution >= 0.6 is 27.5 Å². The van der Waals surface area contributed by atoms with Crippen molar-refractivity contribution in [2.75, 3.05) is 57.0 Å². The van der Waals surface area contributed by atoms with E-state index in [0.29, 0.717) is 11.5 Å². The Hall–Kier alpha value is -1.93. The van der Waals surface area contributed by atoms with E-state index in [1.54, 1.807) is 0 Å². The summed E-state index contributed by atoms with van der Waals surface area (Å²) in [6.07, 6.45) is 0. The summed E-state index contributed by atoms with van der Waals surface area (Å²) in [4.78, 5) is 17.1. The molecule has 0 saturated carbocycles. The van der Waals surface area contributed by atoms with Gasteiger partial charge in [0.15, 0.2) is 0 Å². The Bertz CT molecular complexity index is 1020. The molecule has 1 N–H and O–H groups in total. The number of hydrogen-bond donors (Lipinski definition) is 1. The monoisotopic (exact) mass is 502 g/mol. The Morgan fingerprint density at radius 3 is 2.58 bits per heavy atom. The van der Waals surface area contributed by atoms with Crippen LogP contribution < -0.4 is 10.2 Å². The number of likely N-dealkylation sites (N-methyl/N-ethyl adjacent to an activating group) is 1. The number of para-hydroxylation sites is 1. The fourth-order valence-electron chi connectivity index (χ4n) is 3.68. The number of nitrogens with one attached hydrogen (secondary N) is 1. The highest BCUT2D eigenvalue weighted by Crippen LogP contribution is 2.25. The molecule has 8 heteroatoms. The maximum atomic E-state index is 6.14. The summed E-state index contributed by atoms with van der Waals surface area (Å²) >= 11 is 9.88. The van der Waals surface area contributed by atoms with E-state index in [9.17, 15) is 0 Å². The normalized spacial score (nSPS) is 16.1. The zero-order valence-electron chi connectivity index (χ0n) is 17.9. The van der Waals surface area contributed by atoms with Crippen molar-refractivity contribution in [2.24, 2.45) is 0 Å². The number of halogens is 2. The Balaban J connectivity index is 1.50. The summed E-state index contributed by atoms with van der Waals surface area (Å²) in [5.41, 5.74) is 2.08. The van der Waals surface area contributed by atoms with Gasteiger partial charge in [0.05, 0.1) is 10.5 Å². The molecule has 3 aromatic rings. The number of piperazine rings is 1. The molecule has 2 aromatic carbocycles. The van der Waals surface area contributed by atoms with Gasteiger partial charge in [0.1, 0.15) is 5.82 Å². The van der Waals surface area contributed by atoms with Gasteiger partial charge in [0.2, 0.25) is 5.95 Å². The molecule has 1 aliphatic heterocycles. The lowest BCUT2D eigenvalue weighted by molar-refractivity contribution is 0.218. The number of rotatable bonds is 7. The van der Waals surface area contributed by atoms with Crippen LogP contribution in [0.5, 0.6) is 0 Å². The molecule has 1 aliphatic rings. The summed E-state index contributed by atoms with van der Waals surface area (Å²) in [6, 6.07) is 16.1. The maximum Gasteiger partial charge on any atom is 0.227 e. The first-order valence-corrected chi connectivity index (χ1v) is 11.8. The second kappa shape index (κ2) is 10.1. The molecule has 0 amide bonds. The molecule has 1 saturated heterocycles. The quantitative estimate of drug-likeness (QED) is 0.383. The van der Waals surface area contributed by atoms with Crippen LogP contribution in [0.2, 0.25) is 5.02 Å². The Kier molecular flexibility index (Phi) is 7.27. The second-order valence-corrected chi connectivity index (χ2v) is 9.55. The molecule has 6 nitrogen and oxygen atoms in total. The van der Waals surface area contributed by atoms with E-state index in [4.69, 9.17) is 21.6 Å². The van der Waals surface area contributed by atoms with Crippen LogP contribution in [0.4, 0.5) is 11.8 Å². The lowest BCUT2D eigenvalue weighted by Gasteiger charge is -2.36. The Morgan fingerprint density at radius 2 is 1.84 bits per heavy atom. The van der Waals surface area contributed by atoms with Crippen LogP contribution in [-0.2, 0) is 6.54 Å². The van der Waals surface area contributed by atoms with Crippen molar-refractivity contribution in [2.45, 2.75) is 11.5 Å². The molecule has 1 unspecified atom stereocenters. The van der Waals surface area contributed by atoms with E-state index >= 15 is 0 Å². The van der Waals surface area contributed by atoms with Crippen molar-refractivity contribution >= 4 is 50.2 Å². The van der Waals surface area contributed by atoms with Gasteiger partial charge < -0.3 is 10.2 Å². The van der Waals surface area contributed by atoms with Crippen LogP contribution in [-0.4, -0.2) is 71.5 Å².